The Morgan fingerprint density at radius 2 is 1.67 bits per heavy atom. The van der Waals surface area contributed by atoms with Gasteiger partial charge in [-0.2, -0.15) is 0 Å². The molecule has 0 unspecified atom stereocenters. The molecule has 27 heavy (non-hydrogen) atoms. The molecule has 1 N–H and O–H groups in total. The molecule has 1 amide bonds. The summed E-state index contributed by atoms with van der Waals surface area (Å²) in [6.45, 7) is 6.93. The highest BCUT2D eigenvalue weighted by atomic mass is 16.5. The first-order valence-electron chi connectivity index (χ1n) is 8.92. The number of rotatable bonds is 8. The molecule has 2 aromatic carbocycles. The molecule has 2 aromatic rings. The molecule has 0 aliphatic heterocycles. The van der Waals surface area contributed by atoms with E-state index in [1.54, 1.807) is 31.4 Å². The summed E-state index contributed by atoms with van der Waals surface area (Å²) in [7, 11) is 1.55. The molecule has 0 bridgehead atoms. The van der Waals surface area contributed by atoms with Crippen LogP contribution in [-0.2, 0) is 9.53 Å². The van der Waals surface area contributed by atoms with Crippen molar-refractivity contribution in [1.29, 1.82) is 0 Å². The second kappa shape index (κ2) is 9.62. The van der Waals surface area contributed by atoms with Crippen LogP contribution in [0.15, 0.2) is 48.5 Å². The van der Waals surface area contributed by atoms with Crippen molar-refractivity contribution >= 4 is 23.3 Å². The molecule has 0 aromatic heterocycles. The quantitative estimate of drug-likeness (QED) is 0.717. The maximum atomic E-state index is 12.0. The number of methoxy groups -OCH3 is 1. The van der Waals surface area contributed by atoms with E-state index in [-0.39, 0.29) is 12.5 Å². The minimum atomic E-state index is -0.557. The smallest absolute Gasteiger partial charge is 0.338 e. The van der Waals surface area contributed by atoms with E-state index >= 15 is 0 Å². The van der Waals surface area contributed by atoms with E-state index in [1.807, 2.05) is 24.3 Å². The van der Waals surface area contributed by atoms with Gasteiger partial charge in [0.25, 0.3) is 5.91 Å². The van der Waals surface area contributed by atoms with E-state index in [1.165, 1.54) is 0 Å². The van der Waals surface area contributed by atoms with Crippen molar-refractivity contribution in [3.63, 3.8) is 0 Å². The number of carbonyl (C=O) groups is 2. The van der Waals surface area contributed by atoms with Crippen LogP contribution in [0.3, 0.4) is 0 Å². The summed E-state index contributed by atoms with van der Waals surface area (Å²) in [5, 5.41) is 2.73. The predicted octanol–water partition coefficient (Wildman–Crippen LogP) is 3.73. The monoisotopic (exact) mass is 370 g/mol. The molecule has 0 saturated carbocycles. The van der Waals surface area contributed by atoms with Gasteiger partial charge in [0.15, 0.2) is 6.61 Å². The minimum absolute atomic E-state index is 0.348. The molecule has 2 rings (SSSR count). The lowest BCUT2D eigenvalue weighted by Crippen LogP contribution is -2.30. The molecular weight excluding hydrogens is 344 g/mol. The zero-order valence-electron chi connectivity index (χ0n) is 16.2. The van der Waals surface area contributed by atoms with E-state index in [0.717, 1.165) is 12.2 Å². The van der Waals surface area contributed by atoms with Crippen LogP contribution in [0.4, 0.5) is 11.4 Å². The van der Waals surface area contributed by atoms with Crippen LogP contribution in [-0.4, -0.2) is 38.2 Å². The van der Waals surface area contributed by atoms with Gasteiger partial charge in [0, 0.05) is 24.0 Å². The molecule has 0 saturated heterocycles. The zero-order chi connectivity index (χ0) is 19.8. The number of benzene rings is 2. The highest BCUT2D eigenvalue weighted by molar-refractivity contribution is 5.95. The Balaban J connectivity index is 1.87. The summed E-state index contributed by atoms with van der Waals surface area (Å²) in [5.74, 6) is -0.300. The Kier molecular flexibility index (Phi) is 7.23. The lowest BCUT2D eigenvalue weighted by Gasteiger charge is -2.27. The SMILES string of the molecule is CCN(c1ccc(NC(=O)COC(=O)c2ccc(OC)cc2)cc1)C(C)C. The molecule has 0 fully saturated rings. The maximum absolute atomic E-state index is 12.0. The van der Waals surface area contributed by atoms with Crippen LogP contribution >= 0.6 is 0 Å². The second-order valence-corrected chi connectivity index (χ2v) is 6.28. The number of nitrogens with zero attached hydrogens (tertiary/aromatic N) is 1. The van der Waals surface area contributed by atoms with Crippen molar-refractivity contribution < 1.29 is 19.1 Å². The van der Waals surface area contributed by atoms with E-state index in [4.69, 9.17) is 9.47 Å². The number of ether oxygens (including phenoxy) is 2. The third-order valence-corrected chi connectivity index (χ3v) is 4.11. The van der Waals surface area contributed by atoms with Crippen molar-refractivity contribution in [2.75, 3.05) is 30.5 Å². The highest BCUT2D eigenvalue weighted by Crippen LogP contribution is 2.20. The van der Waals surface area contributed by atoms with Crippen LogP contribution in [0.1, 0.15) is 31.1 Å². The lowest BCUT2D eigenvalue weighted by molar-refractivity contribution is -0.119. The van der Waals surface area contributed by atoms with Crippen LogP contribution < -0.4 is 15.0 Å². The highest BCUT2D eigenvalue weighted by Gasteiger charge is 2.12. The number of hydrogen-bond donors (Lipinski definition) is 1. The lowest BCUT2D eigenvalue weighted by atomic mass is 10.2. The topological polar surface area (TPSA) is 67.9 Å². The molecule has 0 aliphatic rings. The summed E-state index contributed by atoms with van der Waals surface area (Å²) in [6.07, 6.45) is 0. The standard InChI is InChI=1S/C21H26N2O4/c1-5-23(15(2)3)18-10-8-17(9-11-18)22-20(24)14-27-21(25)16-6-12-19(26-4)13-7-16/h6-13,15H,5,14H2,1-4H3,(H,22,24). The van der Waals surface area contributed by atoms with E-state index in [9.17, 15) is 9.59 Å². The van der Waals surface area contributed by atoms with Gasteiger partial charge in [-0.05, 0) is 69.3 Å². The number of anilines is 2. The maximum Gasteiger partial charge on any atom is 0.338 e. The fraction of sp³-hybridized carbons (Fsp3) is 0.333. The molecule has 0 radical (unpaired) electrons. The summed E-state index contributed by atoms with van der Waals surface area (Å²) in [5.41, 5.74) is 2.11. The van der Waals surface area contributed by atoms with Gasteiger partial charge in [-0.3, -0.25) is 4.79 Å². The average Bonchev–Trinajstić information content (AvgIpc) is 2.68. The predicted molar refractivity (Wildman–Crippen MR) is 107 cm³/mol. The summed E-state index contributed by atoms with van der Waals surface area (Å²) >= 11 is 0. The van der Waals surface area contributed by atoms with Gasteiger partial charge in [-0.1, -0.05) is 0 Å². The van der Waals surface area contributed by atoms with Gasteiger partial charge >= 0.3 is 5.97 Å². The van der Waals surface area contributed by atoms with Crippen LogP contribution in [0.25, 0.3) is 0 Å². The zero-order valence-corrected chi connectivity index (χ0v) is 16.2. The van der Waals surface area contributed by atoms with Crippen molar-refractivity contribution in [2.24, 2.45) is 0 Å². The Morgan fingerprint density at radius 1 is 1.04 bits per heavy atom. The first-order chi connectivity index (χ1) is 12.9. The Morgan fingerprint density at radius 3 is 2.19 bits per heavy atom. The van der Waals surface area contributed by atoms with Crippen molar-refractivity contribution in [3.05, 3.63) is 54.1 Å². The molecule has 0 atom stereocenters. The number of hydrogen-bond acceptors (Lipinski definition) is 5. The first-order valence-corrected chi connectivity index (χ1v) is 8.92. The number of carbonyl (C=O) groups excluding carboxylic acids is 2. The van der Waals surface area contributed by atoms with Gasteiger partial charge in [-0.25, -0.2) is 4.79 Å². The van der Waals surface area contributed by atoms with Crippen molar-refractivity contribution in [2.45, 2.75) is 26.8 Å². The molecule has 6 heteroatoms. The van der Waals surface area contributed by atoms with Crippen molar-refractivity contribution in [3.8, 4) is 5.75 Å². The third-order valence-electron chi connectivity index (χ3n) is 4.11. The number of amides is 1. The summed E-state index contributed by atoms with van der Waals surface area (Å²) in [6, 6.07) is 14.5. The molecule has 0 heterocycles. The first kappa shape index (κ1) is 20.3. The fourth-order valence-electron chi connectivity index (χ4n) is 2.72. The summed E-state index contributed by atoms with van der Waals surface area (Å²) < 4.78 is 10.1. The van der Waals surface area contributed by atoms with Crippen LogP contribution in [0.5, 0.6) is 5.75 Å². The van der Waals surface area contributed by atoms with Gasteiger partial charge < -0.3 is 19.7 Å². The molecule has 144 valence electrons. The average molecular weight is 370 g/mol. The van der Waals surface area contributed by atoms with E-state index in [2.05, 4.69) is 31.0 Å². The molecular formula is C21H26N2O4. The second-order valence-electron chi connectivity index (χ2n) is 6.28. The van der Waals surface area contributed by atoms with Gasteiger partial charge in [0.05, 0.1) is 12.7 Å². The van der Waals surface area contributed by atoms with Gasteiger partial charge in [-0.15, -0.1) is 0 Å². The van der Waals surface area contributed by atoms with E-state index in [0.29, 0.717) is 23.0 Å². The number of esters is 1. The Bertz CT molecular complexity index is 755. The Labute approximate surface area is 160 Å². The molecule has 0 aliphatic carbocycles. The van der Waals surface area contributed by atoms with Crippen LogP contribution in [0.2, 0.25) is 0 Å². The van der Waals surface area contributed by atoms with Crippen molar-refractivity contribution in [1.82, 2.24) is 0 Å². The third kappa shape index (κ3) is 5.74. The summed E-state index contributed by atoms with van der Waals surface area (Å²) in [4.78, 5) is 26.2. The van der Waals surface area contributed by atoms with Gasteiger partial charge in [0.2, 0.25) is 0 Å². The van der Waals surface area contributed by atoms with Gasteiger partial charge in [0.1, 0.15) is 5.75 Å². The van der Waals surface area contributed by atoms with Crippen LogP contribution in [0, 0.1) is 0 Å². The molecule has 0 spiro atoms. The fourth-order valence-corrected chi connectivity index (χ4v) is 2.72. The largest absolute Gasteiger partial charge is 0.497 e. The van der Waals surface area contributed by atoms with E-state index < -0.39 is 5.97 Å². The normalized spacial score (nSPS) is 10.4. The Hall–Kier alpha value is -3.02. The molecule has 6 nitrogen and oxygen atoms in total. The minimum Gasteiger partial charge on any atom is -0.497 e. The number of nitrogens with one attached hydrogen (secondary N) is 1.